The zero-order valence-corrected chi connectivity index (χ0v) is 32.0. The highest BCUT2D eigenvalue weighted by molar-refractivity contribution is 7.09. The highest BCUT2D eigenvalue weighted by Gasteiger charge is 2.37. The van der Waals surface area contributed by atoms with Crippen molar-refractivity contribution in [3.63, 3.8) is 0 Å². The molecule has 0 aliphatic carbocycles. The second kappa shape index (κ2) is 19.9. The molecule has 2 aromatic rings. The van der Waals surface area contributed by atoms with Gasteiger partial charge < -0.3 is 25.4 Å². The van der Waals surface area contributed by atoms with Gasteiger partial charge in [0.15, 0.2) is 0 Å². The van der Waals surface area contributed by atoms with Gasteiger partial charge in [0.1, 0.15) is 22.8 Å². The minimum Gasteiger partial charge on any atom is -0.481 e. The second-order valence-corrected chi connectivity index (χ2v) is 15.1. The molecule has 11 nitrogen and oxygen atoms in total. The molecule has 1 aromatic carbocycles. The van der Waals surface area contributed by atoms with Crippen LogP contribution in [-0.4, -0.2) is 95.0 Å². The molecule has 3 rings (SSSR count). The summed E-state index contributed by atoms with van der Waals surface area (Å²) in [5.74, 6) is -2.11. The Labute approximate surface area is 302 Å². The number of ether oxygens (including phenoxy) is 1. The molecule has 1 aromatic heterocycles. The lowest BCUT2D eigenvalue weighted by Crippen LogP contribution is -2.58. The van der Waals surface area contributed by atoms with Gasteiger partial charge >= 0.3 is 5.97 Å². The van der Waals surface area contributed by atoms with Crippen LogP contribution in [0.4, 0.5) is 0 Å². The zero-order chi connectivity index (χ0) is 37.0. The molecule has 3 N–H and O–H groups in total. The van der Waals surface area contributed by atoms with Gasteiger partial charge in [-0.2, -0.15) is 0 Å². The largest absolute Gasteiger partial charge is 0.481 e. The number of carboxylic acid groups (broad SMARTS) is 1. The maximum Gasteiger partial charge on any atom is 0.306 e. The molecule has 1 aliphatic rings. The first-order valence-corrected chi connectivity index (χ1v) is 19.1. The Hall–Kier alpha value is -3.35. The summed E-state index contributed by atoms with van der Waals surface area (Å²) in [6, 6.07) is 8.16. The first-order valence-electron chi connectivity index (χ1n) is 18.2. The number of nitrogens with one attached hydrogen (secondary N) is 2. The van der Waals surface area contributed by atoms with E-state index in [9.17, 15) is 24.3 Å². The van der Waals surface area contributed by atoms with E-state index in [0.717, 1.165) is 37.8 Å². The smallest absolute Gasteiger partial charge is 0.306 e. The third-order valence-electron chi connectivity index (χ3n) is 10.0. The first-order chi connectivity index (χ1) is 23.8. The minimum atomic E-state index is -0.911. The Morgan fingerprint density at radius 2 is 1.76 bits per heavy atom. The van der Waals surface area contributed by atoms with Crippen molar-refractivity contribution in [1.82, 2.24) is 25.4 Å². The number of piperidine rings is 1. The molecular weight excluding hydrogens is 655 g/mol. The molecule has 0 spiro atoms. The molecular formula is C38H59N5O6S. The number of benzene rings is 1. The highest BCUT2D eigenvalue weighted by atomic mass is 32.1. The van der Waals surface area contributed by atoms with Crippen LogP contribution in [0, 0.1) is 17.8 Å². The Kier molecular flexibility index (Phi) is 16.3. The summed E-state index contributed by atoms with van der Waals surface area (Å²) in [4.78, 5) is 61.2. The molecule has 0 bridgehead atoms. The fraction of sp³-hybridized carbons (Fsp3) is 0.658. The van der Waals surface area contributed by atoms with Gasteiger partial charge in [0.2, 0.25) is 11.8 Å². The molecule has 7 atom stereocenters. The van der Waals surface area contributed by atoms with E-state index in [1.807, 2.05) is 58.2 Å². The van der Waals surface area contributed by atoms with Gasteiger partial charge in [-0.15, -0.1) is 11.3 Å². The summed E-state index contributed by atoms with van der Waals surface area (Å²) in [5, 5.41) is 18.0. The lowest BCUT2D eigenvalue weighted by Gasteiger charge is -2.38. The molecule has 278 valence electrons. The van der Waals surface area contributed by atoms with Crippen molar-refractivity contribution in [2.24, 2.45) is 17.8 Å². The van der Waals surface area contributed by atoms with Crippen LogP contribution in [0.25, 0.3) is 0 Å². The summed E-state index contributed by atoms with van der Waals surface area (Å²) in [7, 11) is 3.77. The van der Waals surface area contributed by atoms with Crippen molar-refractivity contribution in [3.8, 4) is 0 Å². The van der Waals surface area contributed by atoms with Crippen molar-refractivity contribution in [2.45, 2.75) is 117 Å². The Bertz CT molecular complexity index is 1390. The SMILES string of the molecule is CCO[C@H](C[C@H](C(C)C)N(C)C(=O)[C@@H](NC(=O)[C@H]1CCCCN1C)[C@@H](C)CC)c1nc(C(=O)NC(Cc2ccccc2)CC(C)C(=O)O)cs1. The number of rotatable bonds is 19. The molecule has 0 saturated carbocycles. The number of hydrogen-bond donors (Lipinski definition) is 3. The number of likely N-dealkylation sites (N-methyl/N-ethyl adjacent to an activating group) is 2. The van der Waals surface area contributed by atoms with E-state index < -0.39 is 30.1 Å². The van der Waals surface area contributed by atoms with E-state index in [0.29, 0.717) is 24.5 Å². The number of nitrogens with zero attached hydrogens (tertiary/aromatic N) is 3. The average molecular weight is 714 g/mol. The maximum absolute atomic E-state index is 14.2. The van der Waals surface area contributed by atoms with E-state index in [-0.39, 0.29) is 53.8 Å². The fourth-order valence-electron chi connectivity index (χ4n) is 6.68. The number of aromatic nitrogens is 1. The van der Waals surface area contributed by atoms with Crippen LogP contribution in [-0.2, 0) is 25.5 Å². The van der Waals surface area contributed by atoms with Gasteiger partial charge in [0, 0.05) is 37.5 Å². The van der Waals surface area contributed by atoms with Crippen LogP contribution in [0.1, 0.15) is 107 Å². The Balaban J connectivity index is 1.77. The summed E-state index contributed by atoms with van der Waals surface area (Å²) in [6.07, 6.45) is 4.36. The van der Waals surface area contributed by atoms with Crippen molar-refractivity contribution < 1.29 is 29.0 Å². The van der Waals surface area contributed by atoms with Gasteiger partial charge in [-0.1, -0.05) is 77.8 Å². The Morgan fingerprint density at radius 1 is 1.06 bits per heavy atom. The first kappa shape index (κ1) is 41.1. The van der Waals surface area contributed by atoms with Gasteiger partial charge in [0.25, 0.3) is 5.91 Å². The molecule has 3 amide bonds. The van der Waals surface area contributed by atoms with Crippen molar-refractivity contribution in [3.05, 3.63) is 52.0 Å². The predicted octanol–water partition coefficient (Wildman–Crippen LogP) is 5.56. The summed E-state index contributed by atoms with van der Waals surface area (Å²) < 4.78 is 6.19. The van der Waals surface area contributed by atoms with Gasteiger partial charge in [-0.05, 0) is 63.6 Å². The van der Waals surface area contributed by atoms with Crippen molar-refractivity contribution in [2.75, 3.05) is 27.2 Å². The average Bonchev–Trinajstić information content (AvgIpc) is 3.59. The molecule has 1 aliphatic heterocycles. The lowest BCUT2D eigenvalue weighted by molar-refractivity contribution is -0.141. The molecule has 2 unspecified atom stereocenters. The minimum absolute atomic E-state index is 0.0532. The molecule has 50 heavy (non-hydrogen) atoms. The van der Waals surface area contributed by atoms with E-state index in [1.165, 1.54) is 11.3 Å². The van der Waals surface area contributed by atoms with Gasteiger partial charge in [-0.3, -0.25) is 24.1 Å². The van der Waals surface area contributed by atoms with E-state index in [2.05, 4.69) is 29.4 Å². The predicted molar refractivity (Wildman–Crippen MR) is 197 cm³/mol. The molecule has 0 radical (unpaired) electrons. The van der Waals surface area contributed by atoms with Crippen molar-refractivity contribution in [1.29, 1.82) is 0 Å². The summed E-state index contributed by atoms with van der Waals surface area (Å²) >= 11 is 1.33. The van der Waals surface area contributed by atoms with Crippen LogP contribution < -0.4 is 10.6 Å². The standard InChI is InChI=1S/C38H59N5O6S/c1-9-25(5)33(41-35(45)30-18-14-15-19-42(30)7)37(46)43(8)31(24(3)4)22-32(49-10-2)36-40-29(23-50-36)34(44)39-28(20-26(6)38(47)48)21-27-16-12-11-13-17-27/h11-13,16-17,23-26,28,30-33H,9-10,14-15,18-22H2,1-8H3,(H,39,44)(H,41,45)(H,47,48)/t25-,26?,28?,30+,31+,32+,33-/m0/s1. The number of likely N-dealkylation sites (tertiary alicyclic amines) is 1. The van der Waals surface area contributed by atoms with E-state index in [1.54, 1.807) is 24.3 Å². The van der Waals surface area contributed by atoms with Crippen LogP contribution >= 0.6 is 11.3 Å². The highest BCUT2D eigenvalue weighted by Crippen LogP contribution is 2.31. The normalized spacial score (nSPS) is 18.8. The number of carbonyl (C=O) groups is 4. The van der Waals surface area contributed by atoms with Gasteiger partial charge in [0.05, 0.1) is 12.0 Å². The van der Waals surface area contributed by atoms with Crippen LogP contribution in [0.3, 0.4) is 0 Å². The third-order valence-corrected chi connectivity index (χ3v) is 11.0. The number of carboxylic acids is 1. The number of carbonyl (C=O) groups excluding carboxylic acids is 3. The maximum atomic E-state index is 14.2. The number of hydrogen-bond acceptors (Lipinski definition) is 8. The molecule has 1 saturated heterocycles. The Morgan fingerprint density at radius 3 is 2.36 bits per heavy atom. The van der Waals surface area contributed by atoms with Gasteiger partial charge in [-0.25, -0.2) is 4.98 Å². The fourth-order valence-corrected chi connectivity index (χ4v) is 7.54. The topological polar surface area (TPSA) is 141 Å². The number of thiazole rings is 1. The lowest BCUT2D eigenvalue weighted by atomic mass is 9.92. The van der Waals surface area contributed by atoms with Crippen LogP contribution in [0.5, 0.6) is 0 Å². The quantitative estimate of drug-likeness (QED) is 0.172. The summed E-state index contributed by atoms with van der Waals surface area (Å²) in [5.41, 5.74) is 1.24. The van der Waals surface area contributed by atoms with Crippen LogP contribution in [0.2, 0.25) is 0 Å². The van der Waals surface area contributed by atoms with E-state index in [4.69, 9.17) is 9.72 Å². The van der Waals surface area contributed by atoms with E-state index >= 15 is 0 Å². The van der Waals surface area contributed by atoms with Crippen LogP contribution in [0.15, 0.2) is 35.7 Å². The molecule has 1 fully saturated rings. The van der Waals surface area contributed by atoms with Crippen molar-refractivity contribution >= 4 is 35.0 Å². The molecule has 2 heterocycles. The second-order valence-electron chi connectivity index (χ2n) is 14.2. The third kappa shape index (κ3) is 11.6. The molecule has 12 heteroatoms. The zero-order valence-electron chi connectivity index (χ0n) is 31.2. The number of amides is 3. The summed E-state index contributed by atoms with van der Waals surface area (Å²) in [6.45, 7) is 13.0. The monoisotopic (exact) mass is 713 g/mol. The number of aliphatic carboxylic acids is 1.